The van der Waals surface area contributed by atoms with Gasteiger partial charge in [-0.15, -0.1) is 0 Å². The lowest BCUT2D eigenvalue weighted by molar-refractivity contribution is -0.386. The van der Waals surface area contributed by atoms with Gasteiger partial charge in [-0.1, -0.05) is 34.1 Å². The van der Waals surface area contributed by atoms with Gasteiger partial charge in [0.15, 0.2) is 11.5 Å². The predicted octanol–water partition coefficient (Wildman–Crippen LogP) is 5.39. The molecule has 1 atom stereocenters. The molecule has 0 saturated carbocycles. The first-order valence-corrected chi connectivity index (χ1v) is 9.77. The molecule has 8 heteroatoms. The molecule has 1 unspecified atom stereocenters. The number of rotatable bonds is 9. The van der Waals surface area contributed by atoms with Crippen molar-refractivity contribution in [3.8, 4) is 11.5 Å². The molecule has 1 aromatic carbocycles. The highest BCUT2D eigenvalue weighted by Gasteiger charge is 2.28. The van der Waals surface area contributed by atoms with Gasteiger partial charge in [0.25, 0.3) is 5.69 Å². The molecule has 0 heterocycles. The van der Waals surface area contributed by atoms with Crippen LogP contribution in [0.5, 0.6) is 11.5 Å². The van der Waals surface area contributed by atoms with E-state index in [9.17, 15) is 14.9 Å². The number of nitrogens with zero attached hydrogens (tertiary/aromatic N) is 1. The van der Waals surface area contributed by atoms with Crippen molar-refractivity contribution in [1.29, 1.82) is 0 Å². The summed E-state index contributed by atoms with van der Waals surface area (Å²) in [4.78, 5) is 23.4. The van der Waals surface area contributed by atoms with Crippen molar-refractivity contribution >= 4 is 11.8 Å². The molecular formula is C21H34N2O6. The molecule has 0 spiro atoms. The van der Waals surface area contributed by atoms with Crippen LogP contribution in [0, 0.1) is 15.5 Å². The predicted molar refractivity (Wildman–Crippen MR) is 112 cm³/mol. The Morgan fingerprint density at radius 3 is 2.31 bits per heavy atom. The van der Waals surface area contributed by atoms with Crippen LogP contribution in [0.3, 0.4) is 0 Å². The molecule has 0 aliphatic carbocycles. The highest BCUT2D eigenvalue weighted by Crippen LogP contribution is 2.39. The normalized spacial score (nSPS) is 12.8. The van der Waals surface area contributed by atoms with Crippen LogP contribution in [0.1, 0.15) is 73.0 Å². The minimum absolute atomic E-state index is 0.127. The largest absolute Gasteiger partial charge is 0.493 e. The van der Waals surface area contributed by atoms with Crippen molar-refractivity contribution in [1.82, 2.24) is 5.32 Å². The summed E-state index contributed by atoms with van der Waals surface area (Å²) in [6, 6.07) is 2.81. The summed E-state index contributed by atoms with van der Waals surface area (Å²) in [6.45, 7) is 13.8. The Morgan fingerprint density at radius 2 is 1.83 bits per heavy atom. The van der Waals surface area contributed by atoms with E-state index in [1.165, 1.54) is 19.2 Å². The zero-order valence-corrected chi connectivity index (χ0v) is 18.8. The molecule has 8 nitrogen and oxygen atoms in total. The van der Waals surface area contributed by atoms with Crippen LogP contribution in [-0.2, 0) is 4.74 Å². The number of nitrogens with one attached hydrogen (secondary N) is 1. The van der Waals surface area contributed by atoms with E-state index in [0.29, 0.717) is 12.4 Å². The van der Waals surface area contributed by atoms with Crippen LogP contribution >= 0.6 is 0 Å². The maximum absolute atomic E-state index is 12.3. The third kappa shape index (κ3) is 7.79. The lowest BCUT2D eigenvalue weighted by Gasteiger charge is -2.26. The number of alkyl carbamates (subject to hydrolysis) is 1. The van der Waals surface area contributed by atoms with Crippen molar-refractivity contribution in [2.45, 2.75) is 73.0 Å². The Bertz CT molecular complexity index is 725. The van der Waals surface area contributed by atoms with E-state index in [4.69, 9.17) is 14.2 Å². The van der Waals surface area contributed by atoms with Gasteiger partial charge in [-0.25, -0.2) is 4.79 Å². The molecule has 0 saturated heterocycles. The number of nitro groups is 1. The van der Waals surface area contributed by atoms with Crippen LogP contribution in [-0.4, -0.2) is 30.3 Å². The molecule has 1 rings (SSSR count). The maximum atomic E-state index is 12.3. The molecule has 0 aliphatic heterocycles. The molecule has 0 fully saturated rings. The molecule has 1 aromatic rings. The summed E-state index contributed by atoms with van der Waals surface area (Å²) in [5.74, 6) is 0.621. The van der Waals surface area contributed by atoms with Crippen LogP contribution in [0.2, 0.25) is 0 Å². The maximum Gasteiger partial charge on any atom is 0.408 e. The van der Waals surface area contributed by atoms with Crippen LogP contribution in [0.25, 0.3) is 0 Å². The van der Waals surface area contributed by atoms with Crippen LogP contribution < -0.4 is 14.8 Å². The highest BCUT2D eigenvalue weighted by molar-refractivity contribution is 5.69. The van der Waals surface area contributed by atoms with Gasteiger partial charge in [0.2, 0.25) is 0 Å². The molecule has 1 N–H and O–H groups in total. The van der Waals surface area contributed by atoms with Crippen LogP contribution in [0.4, 0.5) is 10.5 Å². The van der Waals surface area contributed by atoms with Gasteiger partial charge < -0.3 is 19.5 Å². The number of nitro benzene ring substituents is 1. The number of carbonyl (C=O) groups is 1. The summed E-state index contributed by atoms with van der Waals surface area (Å²) >= 11 is 0. The summed E-state index contributed by atoms with van der Waals surface area (Å²) < 4.78 is 16.5. The molecule has 0 aromatic heterocycles. The van der Waals surface area contributed by atoms with Gasteiger partial charge in [0.1, 0.15) is 6.10 Å². The first-order chi connectivity index (χ1) is 13.3. The van der Waals surface area contributed by atoms with E-state index in [0.717, 1.165) is 12.8 Å². The second-order valence-electron chi connectivity index (χ2n) is 8.97. The molecule has 164 valence electrons. The fourth-order valence-corrected chi connectivity index (χ4v) is 2.83. The number of hydrogen-bond donors (Lipinski definition) is 1. The third-order valence-corrected chi connectivity index (χ3v) is 4.21. The van der Waals surface area contributed by atoms with Gasteiger partial charge in [-0.3, -0.25) is 10.1 Å². The van der Waals surface area contributed by atoms with E-state index in [-0.39, 0.29) is 22.4 Å². The molecule has 29 heavy (non-hydrogen) atoms. The Balaban J connectivity index is 3.13. The van der Waals surface area contributed by atoms with E-state index in [1.807, 2.05) is 41.5 Å². The zero-order valence-electron chi connectivity index (χ0n) is 18.8. The first-order valence-electron chi connectivity index (χ1n) is 9.77. The quantitative estimate of drug-likeness (QED) is 0.432. The molecular weight excluding hydrogens is 376 g/mol. The summed E-state index contributed by atoms with van der Waals surface area (Å²) in [5.41, 5.74) is -0.515. The average molecular weight is 411 g/mol. The smallest absolute Gasteiger partial charge is 0.408 e. The van der Waals surface area contributed by atoms with Crippen molar-refractivity contribution in [2.75, 3.05) is 13.7 Å². The van der Waals surface area contributed by atoms with Crippen molar-refractivity contribution in [3.63, 3.8) is 0 Å². The topological polar surface area (TPSA) is 99.9 Å². The molecule has 1 amide bonds. The second kappa shape index (κ2) is 9.80. The van der Waals surface area contributed by atoms with Gasteiger partial charge in [-0.05, 0) is 38.7 Å². The van der Waals surface area contributed by atoms with Crippen LogP contribution in [0.15, 0.2) is 12.1 Å². The first kappa shape index (κ1) is 24.5. The lowest BCUT2D eigenvalue weighted by atomic mass is 9.98. The third-order valence-electron chi connectivity index (χ3n) is 4.21. The second-order valence-corrected chi connectivity index (χ2v) is 8.97. The van der Waals surface area contributed by atoms with Gasteiger partial charge in [0.05, 0.1) is 30.3 Å². The monoisotopic (exact) mass is 410 g/mol. The zero-order chi connectivity index (χ0) is 22.4. The fourth-order valence-electron chi connectivity index (χ4n) is 2.83. The molecule has 0 radical (unpaired) electrons. The fraction of sp³-hybridized carbons (Fsp3) is 0.667. The summed E-state index contributed by atoms with van der Waals surface area (Å²) in [7, 11) is 1.46. The van der Waals surface area contributed by atoms with Gasteiger partial charge in [-0.2, -0.15) is 0 Å². The van der Waals surface area contributed by atoms with Crippen molar-refractivity contribution < 1.29 is 23.9 Å². The van der Waals surface area contributed by atoms with E-state index in [2.05, 4.69) is 5.32 Å². The van der Waals surface area contributed by atoms with E-state index < -0.39 is 22.7 Å². The Kier molecular flexibility index (Phi) is 8.29. The van der Waals surface area contributed by atoms with Gasteiger partial charge >= 0.3 is 6.09 Å². The summed E-state index contributed by atoms with van der Waals surface area (Å²) in [6.07, 6.45) is 0.210. The van der Waals surface area contributed by atoms with Crippen molar-refractivity contribution in [3.05, 3.63) is 27.8 Å². The standard InChI is InChI=1S/C21H34N2O6/c1-9-10-21(6,7)22-19(24)29-14(2)15-11-17(27-8)18(12-16(15)23(25)26)28-13-20(3,4)5/h11-12,14H,9-10,13H2,1-8H3,(H,22,24). The number of methoxy groups -OCH3 is 1. The lowest BCUT2D eigenvalue weighted by Crippen LogP contribution is -2.43. The Morgan fingerprint density at radius 1 is 1.21 bits per heavy atom. The minimum atomic E-state index is -0.849. The van der Waals surface area contributed by atoms with Crippen molar-refractivity contribution in [2.24, 2.45) is 5.41 Å². The Hall–Kier alpha value is -2.51. The number of hydrogen-bond acceptors (Lipinski definition) is 6. The highest BCUT2D eigenvalue weighted by atomic mass is 16.6. The molecule has 0 aliphatic rings. The number of carbonyl (C=O) groups excluding carboxylic acids is 1. The number of ether oxygens (including phenoxy) is 3. The SMILES string of the molecule is CCCC(C)(C)NC(=O)OC(C)c1cc(OC)c(OCC(C)(C)C)cc1[N+](=O)[O-]. The minimum Gasteiger partial charge on any atom is -0.493 e. The van der Waals surface area contributed by atoms with E-state index in [1.54, 1.807) is 6.92 Å². The number of amides is 1. The summed E-state index contributed by atoms with van der Waals surface area (Å²) in [5, 5.41) is 14.4. The molecule has 0 bridgehead atoms. The number of benzene rings is 1. The van der Waals surface area contributed by atoms with E-state index >= 15 is 0 Å². The van der Waals surface area contributed by atoms with Gasteiger partial charge in [0, 0.05) is 5.54 Å². The Labute approximate surface area is 173 Å². The average Bonchev–Trinajstić information content (AvgIpc) is 2.57.